The highest BCUT2D eigenvalue weighted by molar-refractivity contribution is 5.29. The molecule has 21 heavy (non-hydrogen) atoms. The van der Waals surface area contributed by atoms with Crippen molar-refractivity contribution in [1.82, 2.24) is 5.32 Å². The zero-order valence-electron chi connectivity index (χ0n) is 13.9. The van der Waals surface area contributed by atoms with E-state index in [2.05, 4.69) is 43.4 Å². The van der Waals surface area contributed by atoms with E-state index in [1.54, 1.807) is 12.7 Å². The van der Waals surface area contributed by atoms with Crippen molar-refractivity contribution < 1.29 is 4.74 Å². The molecule has 2 atom stereocenters. The topological polar surface area (TPSA) is 21.3 Å². The summed E-state index contributed by atoms with van der Waals surface area (Å²) in [7, 11) is 1.79. The van der Waals surface area contributed by atoms with Gasteiger partial charge < -0.3 is 10.1 Å². The maximum Gasteiger partial charge on any atom is 0.0488 e. The molecule has 2 rings (SSSR count). The minimum absolute atomic E-state index is 0.454. The van der Waals surface area contributed by atoms with E-state index in [1.807, 2.05) is 0 Å². The molecule has 0 spiro atoms. The van der Waals surface area contributed by atoms with Crippen LogP contribution in [-0.2, 0) is 4.74 Å². The van der Waals surface area contributed by atoms with E-state index in [1.165, 1.54) is 31.2 Å². The molecule has 1 aliphatic rings. The van der Waals surface area contributed by atoms with Gasteiger partial charge in [-0.25, -0.2) is 0 Å². The molecule has 0 heterocycles. The van der Waals surface area contributed by atoms with Crippen molar-refractivity contribution in [3.05, 3.63) is 35.4 Å². The summed E-state index contributed by atoms with van der Waals surface area (Å²) in [6.45, 7) is 6.43. The fraction of sp³-hybridized carbons (Fsp3) is 0.684. The summed E-state index contributed by atoms with van der Waals surface area (Å²) in [5, 5.41) is 3.72. The predicted molar refractivity (Wildman–Crippen MR) is 89.7 cm³/mol. The van der Waals surface area contributed by atoms with E-state index in [4.69, 9.17) is 4.74 Å². The lowest BCUT2D eigenvalue weighted by atomic mass is 9.79. The second-order valence-corrected chi connectivity index (χ2v) is 6.60. The summed E-state index contributed by atoms with van der Waals surface area (Å²) in [5.74, 6) is 1.39. The van der Waals surface area contributed by atoms with Crippen LogP contribution in [0.2, 0.25) is 0 Å². The zero-order chi connectivity index (χ0) is 15.1. The molecule has 0 amide bonds. The minimum atomic E-state index is 0.454. The van der Waals surface area contributed by atoms with Gasteiger partial charge in [-0.2, -0.15) is 0 Å². The van der Waals surface area contributed by atoms with Crippen LogP contribution >= 0.6 is 0 Å². The quantitative estimate of drug-likeness (QED) is 0.713. The van der Waals surface area contributed by atoms with Crippen LogP contribution in [0, 0.1) is 5.92 Å². The largest absolute Gasteiger partial charge is 0.384 e. The minimum Gasteiger partial charge on any atom is -0.384 e. The third kappa shape index (κ3) is 4.82. The number of hydrogen-bond donors (Lipinski definition) is 1. The number of ether oxygens (including phenoxy) is 1. The molecular formula is C19H31NO. The normalized spacial score (nSPS) is 18.2. The molecule has 2 heteroatoms. The highest BCUT2D eigenvalue weighted by atomic mass is 16.5. The van der Waals surface area contributed by atoms with Gasteiger partial charge in [0, 0.05) is 19.8 Å². The monoisotopic (exact) mass is 289 g/mol. The Balaban J connectivity index is 2.06. The zero-order valence-corrected chi connectivity index (χ0v) is 13.9. The fourth-order valence-electron chi connectivity index (χ4n) is 3.18. The van der Waals surface area contributed by atoms with Crippen molar-refractivity contribution >= 4 is 0 Å². The standard InChI is InChI=1S/C19H31NO/c1-4-11-20-19(12-15(2)14-21-3)18-10-6-9-17(13-18)16-7-5-8-16/h6,9-10,13,15-16,19-20H,4-5,7-8,11-12,14H2,1-3H3. The first-order valence-electron chi connectivity index (χ1n) is 8.56. The molecule has 0 aliphatic heterocycles. The first-order valence-corrected chi connectivity index (χ1v) is 8.56. The van der Waals surface area contributed by atoms with E-state index in [0.29, 0.717) is 12.0 Å². The van der Waals surface area contributed by atoms with Crippen molar-refractivity contribution in [3.8, 4) is 0 Å². The first kappa shape index (κ1) is 16.5. The predicted octanol–water partition coefficient (Wildman–Crippen LogP) is 4.67. The van der Waals surface area contributed by atoms with Gasteiger partial charge in [-0.3, -0.25) is 0 Å². The van der Waals surface area contributed by atoms with E-state index in [-0.39, 0.29) is 0 Å². The summed E-state index contributed by atoms with van der Waals surface area (Å²) in [4.78, 5) is 0. The van der Waals surface area contributed by atoms with Gasteiger partial charge in [-0.15, -0.1) is 0 Å². The molecular weight excluding hydrogens is 258 g/mol. The summed E-state index contributed by atoms with van der Waals surface area (Å²) in [5.41, 5.74) is 3.00. The number of nitrogens with one attached hydrogen (secondary N) is 1. The van der Waals surface area contributed by atoms with Gasteiger partial charge in [0.25, 0.3) is 0 Å². The Morgan fingerprint density at radius 1 is 1.33 bits per heavy atom. The summed E-state index contributed by atoms with van der Waals surface area (Å²) < 4.78 is 5.31. The van der Waals surface area contributed by atoms with E-state index >= 15 is 0 Å². The van der Waals surface area contributed by atoms with Crippen molar-refractivity contribution in [1.29, 1.82) is 0 Å². The van der Waals surface area contributed by atoms with Gasteiger partial charge in [-0.05, 0) is 55.2 Å². The number of methoxy groups -OCH3 is 1. The summed E-state index contributed by atoms with van der Waals surface area (Å²) in [6, 6.07) is 9.73. The lowest BCUT2D eigenvalue weighted by Gasteiger charge is -2.28. The van der Waals surface area contributed by atoms with Gasteiger partial charge in [0.2, 0.25) is 0 Å². The maximum atomic E-state index is 5.31. The van der Waals surface area contributed by atoms with Gasteiger partial charge in [0.05, 0.1) is 0 Å². The number of hydrogen-bond acceptors (Lipinski definition) is 2. The van der Waals surface area contributed by atoms with E-state index in [9.17, 15) is 0 Å². The Morgan fingerprint density at radius 2 is 2.14 bits per heavy atom. The van der Waals surface area contributed by atoms with Crippen molar-refractivity contribution in [3.63, 3.8) is 0 Å². The molecule has 0 aromatic heterocycles. The fourth-order valence-corrected chi connectivity index (χ4v) is 3.18. The third-order valence-electron chi connectivity index (χ3n) is 4.62. The molecule has 1 aromatic carbocycles. The smallest absolute Gasteiger partial charge is 0.0488 e. The van der Waals surface area contributed by atoms with Crippen LogP contribution in [-0.4, -0.2) is 20.3 Å². The summed E-state index contributed by atoms with van der Waals surface area (Å²) >= 11 is 0. The van der Waals surface area contributed by atoms with Crippen LogP contribution in [0.15, 0.2) is 24.3 Å². The lowest BCUT2D eigenvalue weighted by molar-refractivity contribution is 0.149. The van der Waals surface area contributed by atoms with E-state index in [0.717, 1.165) is 25.5 Å². The van der Waals surface area contributed by atoms with Gasteiger partial charge >= 0.3 is 0 Å². The Hall–Kier alpha value is -0.860. The van der Waals surface area contributed by atoms with Crippen LogP contribution in [0.25, 0.3) is 0 Å². The number of benzene rings is 1. The van der Waals surface area contributed by atoms with Crippen molar-refractivity contribution in [2.45, 2.75) is 57.9 Å². The average Bonchev–Trinajstić information content (AvgIpc) is 2.42. The molecule has 1 N–H and O–H groups in total. The molecule has 1 fully saturated rings. The molecule has 2 unspecified atom stereocenters. The second-order valence-electron chi connectivity index (χ2n) is 6.60. The summed E-state index contributed by atoms with van der Waals surface area (Å²) in [6.07, 6.45) is 6.46. The van der Waals surface area contributed by atoms with Crippen LogP contribution < -0.4 is 5.32 Å². The van der Waals surface area contributed by atoms with Gasteiger partial charge in [0.1, 0.15) is 0 Å². The van der Waals surface area contributed by atoms with Crippen LogP contribution in [0.1, 0.15) is 69.0 Å². The SMILES string of the molecule is CCCNC(CC(C)COC)c1cccc(C2CCC2)c1. The van der Waals surface area contributed by atoms with Crippen LogP contribution in [0.4, 0.5) is 0 Å². The van der Waals surface area contributed by atoms with Gasteiger partial charge in [-0.1, -0.05) is 44.5 Å². The lowest BCUT2D eigenvalue weighted by Crippen LogP contribution is -2.25. The molecule has 118 valence electrons. The molecule has 0 bridgehead atoms. The molecule has 1 aliphatic carbocycles. The van der Waals surface area contributed by atoms with Crippen LogP contribution in [0.5, 0.6) is 0 Å². The van der Waals surface area contributed by atoms with Crippen molar-refractivity contribution in [2.24, 2.45) is 5.92 Å². The Bertz CT molecular complexity index is 414. The molecule has 2 nitrogen and oxygen atoms in total. The Morgan fingerprint density at radius 3 is 2.76 bits per heavy atom. The highest BCUT2D eigenvalue weighted by Crippen LogP contribution is 2.37. The van der Waals surface area contributed by atoms with Crippen molar-refractivity contribution in [2.75, 3.05) is 20.3 Å². The molecule has 1 aromatic rings. The Kier molecular flexibility index (Phi) is 6.72. The van der Waals surface area contributed by atoms with Crippen LogP contribution in [0.3, 0.4) is 0 Å². The maximum absolute atomic E-state index is 5.31. The molecule has 1 saturated carbocycles. The average molecular weight is 289 g/mol. The number of rotatable bonds is 9. The highest BCUT2D eigenvalue weighted by Gasteiger charge is 2.21. The van der Waals surface area contributed by atoms with Gasteiger partial charge in [0.15, 0.2) is 0 Å². The Labute approximate surface area is 130 Å². The third-order valence-corrected chi connectivity index (χ3v) is 4.62. The second kappa shape index (κ2) is 8.55. The molecule has 0 radical (unpaired) electrons. The molecule has 0 saturated heterocycles. The van der Waals surface area contributed by atoms with E-state index < -0.39 is 0 Å². The first-order chi connectivity index (χ1) is 10.2.